The molecular weight excluding hydrogens is 220 g/mol. The Hall–Kier alpha value is -0.560. The Balaban J connectivity index is 4.19. The van der Waals surface area contributed by atoms with Crippen molar-refractivity contribution in [2.45, 2.75) is 78.2 Å². The summed E-state index contributed by atoms with van der Waals surface area (Å²) in [7, 11) is 0. The fourth-order valence-electron chi connectivity index (χ4n) is 2.10. The minimum absolute atomic E-state index is 0.254. The van der Waals surface area contributed by atoms with Gasteiger partial charge in [0.25, 0.3) is 0 Å². The van der Waals surface area contributed by atoms with E-state index in [1.54, 1.807) is 0 Å². The monoisotopic (exact) mass is 252 g/mol. The molecule has 0 aromatic heterocycles. The standard InChI is InChI=1S/C17H32O/c1-5-7-9-11-13-16(17(18)15(3)4)14-12-10-8-6-2/h5,13,15,17-18H,1,6-12,14H2,2-4H3/b16-13+. The minimum atomic E-state index is -0.254. The van der Waals surface area contributed by atoms with Crippen molar-refractivity contribution < 1.29 is 5.11 Å². The summed E-state index contributed by atoms with van der Waals surface area (Å²) in [6, 6.07) is 0. The summed E-state index contributed by atoms with van der Waals surface area (Å²) in [5, 5.41) is 10.2. The number of rotatable bonds is 11. The van der Waals surface area contributed by atoms with E-state index in [-0.39, 0.29) is 6.10 Å². The van der Waals surface area contributed by atoms with Crippen LogP contribution in [0.2, 0.25) is 0 Å². The summed E-state index contributed by atoms with van der Waals surface area (Å²) in [5.41, 5.74) is 1.25. The first kappa shape index (κ1) is 17.4. The molecule has 0 saturated heterocycles. The number of aliphatic hydroxyl groups is 1. The zero-order valence-electron chi connectivity index (χ0n) is 12.6. The van der Waals surface area contributed by atoms with Gasteiger partial charge >= 0.3 is 0 Å². The minimum Gasteiger partial charge on any atom is -0.388 e. The van der Waals surface area contributed by atoms with Crippen molar-refractivity contribution in [2.75, 3.05) is 0 Å². The molecule has 106 valence electrons. The maximum atomic E-state index is 10.2. The molecule has 1 atom stereocenters. The molecule has 0 radical (unpaired) electrons. The molecule has 0 aromatic rings. The molecule has 0 heterocycles. The first-order valence-corrected chi connectivity index (χ1v) is 7.61. The highest BCUT2D eigenvalue weighted by Gasteiger charge is 2.14. The van der Waals surface area contributed by atoms with E-state index in [0.29, 0.717) is 5.92 Å². The molecule has 0 saturated carbocycles. The Kier molecular flexibility index (Phi) is 11.2. The Morgan fingerprint density at radius 3 is 2.39 bits per heavy atom. The van der Waals surface area contributed by atoms with Gasteiger partial charge in [0.15, 0.2) is 0 Å². The zero-order chi connectivity index (χ0) is 13.8. The Morgan fingerprint density at radius 2 is 1.83 bits per heavy atom. The number of aliphatic hydroxyl groups excluding tert-OH is 1. The third kappa shape index (κ3) is 8.52. The van der Waals surface area contributed by atoms with E-state index in [9.17, 15) is 5.11 Å². The molecule has 0 spiro atoms. The van der Waals surface area contributed by atoms with E-state index < -0.39 is 0 Å². The van der Waals surface area contributed by atoms with Crippen LogP contribution >= 0.6 is 0 Å². The maximum Gasteiger partial charge on any atom is 0.0772 e. The summed E-state index contributed by atoms with van der Waals surface area (Å²) in [6.45, 7) is 10.2. The summed E-state index contributed by atoms with van der Waals surface area (Å²) < 4.78 is 0. The van der Waals surface area contributed by atoms with E-state index in [1.165, 1.54) is 31.3 Å². The zero-order valence-corrected chi connectivity index (χ0v) is 12.6. The van der Waals surface area contributed by atoms with Crippen molar-refractivity contribution in [3.63, 3.8) is 0 Å². The molecular formula is C17H32O. The molecule has 0 rings (SSSR count). The molecule has 1 heteroatoms. The molecule has 0 aliphatic heterocycles. The summed E-state index contributed by atoms with van der Waals surface area (Å²) in [5.74, 6) is 0.321. The Bertz CT molecular complexity index is 228. The fraction of sp³-hybridized carbons (Fsp3) is 0.765. The lowest BCUT2D eigenvalue weighted by Gasteiger charge is -2.19. The van der Waals surface area contributed by atoms with Gasteiger partial charge in [0.2, 0.25) is 0 Å². The molecule has 1 N–H and O–H groups in total. The largest absolute Gasteiger partial charge is 0.388 e. The van der Waals surface area contributed by atoms with E-state index in [0.717, 1.165) is 25.7 Å². The molecule has 1 unspecified atom stereocenters. The highest BCUT2D eigenvalue weighted by Crippen LogP contribution is 2.20. The Labute approximate surface area is 114 Å². The van der Waals surface area contributed by atoms with Crippen molar-refractivity contribution in [2.24, 2.45) is 5.92 Å². The number of hydrogen-bond acceptors (Lipinski definition) is 1. The lowest BCUT2D eigenvalue weighted by molar-refractivity contribution is 0.155. The van der Waals surface area contributed by atoms with Crippen LogP contribution in [0.1, 0.15) is 72.1 Å². The van der Waals surface area contributed by atoms with E-state index in [4.69, 9.17) is 0 Å². The van der Waals surface area contributed by atoms with Gasteiger partial charge in [-0.1, -0.05) is 52.2 Å². The fourth-order valence-corrected chi connectivity index (χ4v) is 2.10. The normalized spacial score (nSPS) is 13.9. The second-order valence-corrected chi connectivity index (χ2v) is 5.50. The smallest absolute Gasteiger partial charge is 0.0772 e. The van der Waals surface area contributed by atoms with Crippen molar-refractivity contribution >= 4 is 0 Å². The van der Waals surface area contributed by atoms with Crippen LogP contribution in [0.15, 0.2) is 24.3 Å². The first-order valence-electron chi connectivity index (χ1n) is 7.61. The number of unbranched alkanes of at least 4 members (excludes halogenated alkanes) is 5. The molecule has 1 nitrogen and oxygen atoms in total. The number of hydrogen-bond donors (Lipinski definition) is 1. The van der Waals surface area contributed by atoms with Gasteiger partial charge in [-0.2, -0.15) is 0 Å². The van der Waals surface area contributed by atoms with Gasteiger partial charge in [0.05, 0.1) is 6.10 Å². The van der Waals surface area contributed by atoms with Crippen molar-refractivity contribution in [3.8, 4) is 0 Å². The lowest BCUT2D eigenvalue weighted by Crippen LogP contribution is -2.17. The third-order valence-corrected chi connectivity index (χ3v) is 3.35. The molecule has 0 bridgehead atoms. The molecule has 0 aliphatic carbocycles. The van der Waals surface area contributed by atoms with E-state index >= 15 is 0 Å². The van der Waals surface area contributed by atoms with Gasteiger partial charge in [0, 0.05) is 0 Å². The lowest BCUT2D eigenvalue weighted by atomic mass is 9.93. The number of allylic oxidation sites excluding steroid dienone is 2. The van der Waals surface area contributed by atoms with Crippen LogP contribution in [0.4, 0.5) is 0 Å². The summed E-state index contributed by atoms with van der Waals surface area (Å²) in [4.78, 5) is 0. The molecule has 0 aliphatic rings. The van der Waals surface area contributed by atoms with Crippen LogP contribution in [0.5, 0.6) is 0 Å². The first-order chi connectivity index (χ1) is 8.63. The predicted molar refractivity (Wildman–Crippen MR) is 81.7 cm³/mol. The SMILES string of the molecule is C=CCCC/C=C(\CCCCCC)C(O)C(C)C. The van der Waals surface area contributed by atoms with Gasteiger partial charge in [-0.3, -0.25) is 0 Å². The molecule has 0 amide bonds. The topological polar surface area (TPSA) is 20.2 Å². The van der Waals surface area contributed by atoms with Crippen LogP contribution in [0.25, 0.3) is 0 Å². The van der Waals surface area contributed by atoms with Crippen molar-refractivity contribution in [1.29, 1.82) is 0 Å². The van der Waals surface area contributed by atoms with Gasteiger partial charge in [-0.25, -0.2) is 0 Å². The van der Waals surface area contributed by atoms with Crippen LogP contribution in [0.3, 0.4) is 0 Å². The summed E-state index contributed by atoms with van der Waals surface area (Å²) in [6.07, 6.45) is 13.4. The van der Waals surface area contributed by atoms with Crippen molar-refractivity contribution in [1.82, 2.24) is 0 Å². The van der Waals surface area contributed by atoms with Gasteiger partial charge in [-0.05, 0) is 43.6 Å². The highest BCUT2D eigenvalue weighted by molar-refractivity contribution is 5.09. The maximum absolute atomic E-state index is 10.2. The average molecular weight is 252 g/mol. The highest BCUT2D eigenvalue weighted by atomic mass is 16.3. The van der Waals surface area contributed by atoms with Gasteiger partial charge < -0.3 is 5.11 Å². The average Bonchev–Trinajstić information content (AvgIpc) is 2.36. The molecule has 18 heavy (non-hydrogen) atoms. The Morgan fingerprint density at radius 1 is 1.11 bits per heavy atom. The van der Waals surface area contributed by atoms with Gasteiger partial charge in [-0.15, -0.1) is 6.58 Å². The van der Waals surface area contributed by atoms with Crippen LogP contribution in [-0.4, -0.2) is 11.2 Å². The second-order valence-electron chi connectivity index (χ2n) is 5.50. The van der Waals surface area contributed by atoms with Crippen LogP contribution in [0, 0.1) is 5.92 Å². The van der Waals surface area contributed by atoms with E-state index in [2.05, 4.69) is 33.4 Å². The molecule has 0 aromatic carbocycles. The quantitative estimate of drug-likeness (QED) is 0.393. The van der Waals surface area contributed by atoms with Gasteiger partial charge in [0.1, 0.15) is 0 Å². The van der Waals surface area contributed by atoms with Crippen LogP contribution in [-0.2, 0) is 0 Å². The van der Waals surface area contributed by atoms with E-state index in [1.807, 2.05) is 6.08 Å². The third-order valence-electron chi connectivity index (χ3n) is 3.35. The summed E-state index contributed by atoms with van der Waals surface area (Å²) >= 11 is 0. The molecule has 0 fully saturated rings. The van der Waals surface area contributed by atoms with Crippen molar-refractivity contribution in [3.05, 3.63) is 24.3 Å². The van der Waals surface area contributed by atoms with Crippen LogP contribution < -0.4 is 0 Å². The predicted octanol–water partition coefficient (Wildman–Crippen LogP) is 5.26. The second kappa shape index (κ2) is 11.5.